The molecular weight excluding hydrogens is 554 g/mol. The number of amides is 3. The number of thioether (sulfide) groups is 1. The topological polar surface area (TPSA) is 232 Å². The predicted molar refractivity (Wildman–Crippen MR) is 151 cm³/mol. The quantitative estimate of drug-likeness (QED) is 0.110. The van der Waals surface area contributed by atoms with Crippen LogP contribution in [-0.4, -0.2) is 91.0 Å². The summed E-state index contributed by atoms with van der Waals surface area (Å²) in [4.78, 5) is 72.2. The molecule has 0 fully saturated rings. The lowest BCUT2D eigenvalue weighted by atomic mass is 10.0. The molecule has 0 aliphatic heterocycles. The maximum absolute atomic E-state index is 13.6. The molecule has 0 aliphatic carbocycles. The number of benzene rings is 1. The lowest BCUT2D eigenvalue weighted by Crippen LogP contribution is -2.58. The largest absolute Gasteiger partial charge is 0.481 e. The van der Waals surface area contributed by atoms with Gasteiger partial charge in [0.2, 0.25) is 17.7 Å². The van der Waals surface area contributed by atoms with Crippen molar-refractivity contribution in [2.75, 3.05) is 12.0 Å². The summed E-state index contributed by atoms with van der Waals surface area (Å²) in [5.41, 5.74) is 7.72. The third-order valence-corrected chi connectivity index (χ3v) is 6.94. The van der Waals surface area contributed by atoms with Gasteiger partial charge in [-0.1, -0.05) is 18.2 Å². The average Bonchev–Trinajstić information content (AvgIpc) is 3.59. The van der Waals surface area contributed by atoms with Crippen LogP contribution in [0.3, 0.4) is 0 Å². The number of fused-ring (bicyclic) bond motifs is 1. The van der Waals surface area contributed by atoms with Gasteiger partial charge < -0.3 is 41.9 Å². The Hall–Kier alpha value is -4.37. The molecular formula is C26H33N7O7S. The number of nitrogens with one attached hydrogen (secondary N) is 5. The number of aliphatic carboxylic acids is 2. The Kier molecular flexibility index (Phi) is 11.3. The van der Waals surface area contributed by atoms with Crippen molar-refractivity contribution in [2.45, 2.75) is 49.9 Å². The molecule has 3 amide bonds. The summed E-state index contributed by atoms with van der Waals surface area (Å²) < 4.78 is 0. The van der Waals surface area contributed by atoms with Gasteiger partial charge in [0.25, 0.3) is 0 Å². The minimum Gasteiger partial charge on any atom is -0.481 e. The van der Waals surface area contributed by atoms with Crippen molar-refractivity contribution in [1.29, 1.82) is 0 Å². The van der Waals surface area contributed by atoms with Gasteiger partial charge >= 0.3 is 11.9 Å². The molecule has 0 saturated carbocycles. The lowest BCUT2D eigenvalue weighted by Gasteiger charge is -2.25. The molecule has 15 heteroatoms. The molecule has 9 N–H and O–H groups in total. The average molecular weight is 588 g/mol. The second-order valence-electron chi connectivity index (χ2n) is 9.35. The molecule has 2 aromatic heterocycles. The second-order valence-corrected chi connectivity index (χ2v) is 10.3. The number of carbonyl (C=O) groups excluding carboxylic acids is 3. The molecule has 3 rings (SSSR count). The maximum atomic E-state index is 13.6. The smallest absolute Gasteiger partial charge is 0.326 e. The van der Waals surface area contributed by atoms with E-state index in [1.54, 1.807) is 6.20 Å². The van der Waals surface area contributed by atoms with Gasteiger partial charge in [0.1, 0.15) is 18.1 Å². The van der Waals surface area contributed by atoms with Crippen LogP contribution in [0.2, 0.25) is 0 Å². The van der Waals surface area contributed by atoms with E-state index in [4.69, 9.17) is 10.8 Å². The summed E-state index contributed by atoms with van der Waals surface area (Å²) in [7, 11) is 0. The first-order valence-corrected chi connectivity index (χ1v) is 14.1. The zero-order valence-electron chi connectivity index (χ0n) is 22.3. The third-order valence-electron chi connectivity index (χ3n) is 6.30. The number of carboxylic acids is 2. The van der Waals surface area contributed by atoms with Gasteiger partial charge in [-0.2, -0.15) is 11.8 Å². The van der Waals surface area contributed by atoms with Crippen LogP contribution < -0.4 is 21.7 Å². The third kappa shape index (κ3) is 9.08. The number of hydrogen-bond acceptors (Lipinski definition) is 8. The number of hydrogen-bond donors (Lipinski definition) is 8. The van der Waals surface area contributed by atoms with E-state index in [1.165, 1.54) is 24.3 Å². The number of aromatic amines is 2. The number of imidazole rings is 1. The van der Waals surface area contributed by atoms with Gasteiger partial charge in [0.05, 0.1) is 18.8 Å². The van der Waals surface area contributed by atoms with Crippen LogP contribution in [0.5, 0.6) is 0 Å². The van der Waals surface area contributed by atoms with Crippen LogP contribution >= 0.6 is 11.8 Å². The highest BCUT2D eigenvalue weighted by Crippen LogP contribution is 2.19. The van der Waals surface area contributed by atoms with E-state index in [2.05, 4.69) is 30.9 Å². The number of carboxylic acid groups (broad SMARTS) is 2. The van der Waals surface area contributed by atoms with Crippen LogP contribution in [0.4, 0.5) is 0 Å². The van der Waals surface area contributed by atoms with Crippen molar-refractivity contribution >= 4 is 52.3 Å². The van der Waals surface area contributed by atoms with Crippen LogP contribution in [-0.2, 0) is 36.8 Å². The maximum Gasteiger partial charge on any atom is 0.326 e. The van der Waals surface area contributed by atoms with E-state index in [-0.39, 0.29) is 19.3 Å². The summed E-state index contributed by atoms with van der Waals surface area (Å²) in [6, 6.07) is 2.27. The highest BCUT2D eigenvalue weighted by atomic mass is 32.2. The minimum atomic E-state index is -1.41. The summed E-state index contributed by atoms with van der Waals surface area (Å²) in [6.45, 7) is 0. The van der Waals surface area contributed by atoms with E-state index < -0.39 is 60.2 Å². The summed E-state index contributed by atoms with van der Waals surface area (Å²) >= 11 is 1.43. The van der Waals surface area contributed by atoms with E-state index in [0.29, 0.717) is 17.0 Å². The molecule has 4 unspecified atom stereocenters. The molecule has 2 heterocycles. The Morgan fingerprint density at radius 3 is 2.24 bits per heavy atom. The van der Waals surface area contributed by atoms with Crippen LogP contribution in [0.1, 0.15) is 24.1 Å². The first kappa shape index (κ1) is 31.2. The van der Waals surface area contributed by atoms with Crippen molar-refractivity contribution in [2.24, 2.45) is 5.73 Å². The highest BCUT2D eigenvalue weighted by Gasteiger charge is 2.31. The van der Waals surface area contributed by atoms with Gasteiger partial charge in [-0.15, -0.1) is 0 Å². The van der Waals surface area contributed by atoms with E-state index >= 15 is 0 Å². The number of H-pyrrole nitrogens is 2. The number of nitrogens with two attached hydrogens (primary N) is 1. The van der Waals surface area contributed by atoms with Crippen LogP contribution in [0, 0.1) is 0 Å². The SMILES string of the molecule is CSCCC(NC(=O)C(Cc1cnc[nH]1)NC(=O)C(Cc1c[nH]c2ccccc12)NC(=O)C(N)CC(=O)O)C(=O)O. The summed E-state index contributed by atoms with van der Waals surface area (Å²) in [6.07, 6.45) is 5.83. The predicted octanol–water partition coefficient (Wildman–Crippen LogP) is -0.230. The van der Waals surface area contributed by atoms with Gasteiger partial charge in [-0.25, -0.2) is 9.78 Å². The van der Waals surface area contributed by atoms with Crippen LogP contribution in [0.15, 0.2) is 43.0 Å². The Bertz CT molecular complexity index is 1360. The number of carbonyl (C=O) groups is 5. The van der Waals surface area contributed by atoms with Crippen molar-refractivity contribution < 1.29 is 34.2 Å². The van der Waals surface area contributed by atoms with Crippen molar-refractivity contribution in [3.8, 4) is 0 Å². The van der Waals surface area contributed by atoms with Crippen molar-refractivity contribution in [3.63, 3.8) is 0 Å². The Balaban J connectivity index is 1.86. The number of aromatic nitrogens is 3. The number of nitrogens with zero attached hydrogens (tertiary/aromatic N) is 1. The van der Waals surface area contributed by atoms with E-state index in [9.17, 15) is 29.1 Å². The van der Waals surface area contributed by atoms with Gasteiger partial charge in [-0.3, -0.25) is 19.2 Å². The highest BCUT2D eigenvalue weighted by molar-refractivity contribution is 7.98. The van der Waals surface area contributed by atoms with Gasteiger partial charge in [-0.05, 0) is 30.1 Å². The second kappa shape index (κ2) is 14.9. The zero-order valence-corrected chi connectivity index (χ0v) is 23.1. The fraction of sp³-hybridized carbons (Fsp3) is 0.385. The zero-order chi connectivity index (χ0) is 29.9. The summed E-state index contributed by atoms with van der Waals surface area (Å²) in [5, 5.41) is 27.0. The molecule has 0 aliphatic rings. The normalized spacial score (nSPS) is 14.0. The molecule has 14 nitrogen and oxygen atoms in total. The van der Waals surface area contributed by atoms with Gasteiger partial charge in [0, 0.05) is 41.8 Å². The van der Waals surface area contributed by atoms with E-state index in [0.717, 1.165) is 10.9 Å². The summed E-state index contributed by atoms with van der Waals surface area (Å²) in [5.74, 6) is -4.34. The number of rotatable bonds is 16. The Morgan fingerprint density at radius 1 is 0.951 bits per heavy atom. The lowest BCUT2D eigenvalue weighted by molar-refractivity contribution is -0.142. The fourth-order valence-corrected chi connectivity index (χ4v) is 4.62. The van der Waals surface area contributed by atoms with Crippen molar-refractivity contribution in [3.05, 3.63) is 54.2 Å². The Morgan fingerprint density at radius 2 is 1.61 bits per heavy atom. The Labute approximate surface area is 239 Å². The van der Waals surface area contributed by atoms with Crippen LogP contribution in [0.25, 0.3) is 10.9 Å². The molecule has 0 saturated heterocycles. The molecule has 0 spiro atoms. The monoisotopic (exact) mass is 587 g/mol. The molecule has 41 heavy (non-hydrogen) atoms. The van der Waals surface area contributed by atoms with Gasteiger partial charge in [0.15, 0.2) is 0 Å². The minimum absolute atomic E-state index is 0.00868. The molecule has 1 aromatic carbocycles. The molecule has 3 aromatic rings. The first-order valence-electron chi connectivity index (χ1n) is 12.7. The molecule has 220 valence electrons. The number of para-hydroxylation sites is 1. The first-order chi connectivity index (χ1) is 19.6. The standard InChI is InChI=1S/C26H33N7O7S/c1-41-7-6-19(26(39)40)31-25(38)21(9-15-12-28-13-30-15)33-24(37)20(32-23(36)17(27)10-22(34)35)8-14-11-29-18-5-3-2-4-16(14)18/h2-5,11-13,17,19-21,29H,6-10,27H2,1H3,(H,28,30)(H,31,38)(H,32,36)(H,33,37)(H,34,35)(H,39,40). The fourth-order valence-electron chi connectivity index (χ4n) is 4.15. The molecule has 0 radical (unpaired) electrons. The van der Waals surface area contributed by atoms with Crippen molar-refractivity contribution in [1.82, 2.24) is 30.9 Å². The molecule has 0 bridgehead atoms. The van der Waals surface area contributed by atoms with E-state index in [1.807, 2.05) is 30.5 Å². The molecule has 4 atom stereocenters.